The number of methoxy groups -OCH3 is 1. The summed E-state index contributed by atoms with van der Waals surface area (Å²) < 4.78 is 5.18. The number of carbonyl (C=O) groups excluding carboxylic acids is 3. The van der Waals surface area contributed by atoms with Crippen LogP contribution >= 0.6 is 0 Å². The highest BCUT2D eigenvalue weighted by atomic mass is 16.5. The third-order valence-electron chi connectivity index (χ3n) is 6.59. The Kier molecular flexibility index (Phi) is 4.27. The van der Waals surface area contributed by atoms with Crippen molar-refractivity contribution in [3.05, 3.63) is 54.1 Å². The van der Waals surface area contributed by atoms with Gasteiger partial charge in [0.05, 0.1) is 18.8 Å². The fraction of sp³-hybridized carbons (Fsp3) is 0.348. The molecule has 0 bridgehead atoms. The molecule has 2 aromatic carbocycles. The minimum Gasteiger partial charge on any atom is -0.497 e. The second kappa shape index (κ2) is 6.86. The zero-order valence-electron chi connectivity index (χ0n) is 16.8. The number of nitrogens with zero attached hydrogens (tertiary/aromatic N) is 2. The van der Waals surface area contributed by atoms with Crippen LogP contribution < -0.4 is 19.9 Å². The Morgan fingerprint density at radius 3 is 2.57 bits per heavy atom. The minimum atomic E-state index is -1.33. The van der Waals surface area contributed by atoms with Gasteiger partial charge in [0.25, 0.3) is 5.91 Å². The van der Waals surface area contributed by atoms with E-state index in [2.05, 4.69) is 16.3 Å². The third-order valence-corrected chi connectivity index (χ3v) is 6.59. The molecular weight excluding hydrogens is 382 g/mol. The first-order valence-corrected chi connectivity index (χ1v) is 10.2. The van der Waals surface area contributed by atoms with Crippen molar-refractivity contribution >= 4 is 29.2 Å². The van der Waals surface area contributed by atoms with Crippen LogP contribution in [0.25, 0.3) is 0 Å². The van der Waals surface area contributed by atoms with Crippen LogP contribution in [0.15, 0.2) is 48.5 Å². The fourth-order valence-electron chi connectivity index (χ4n) is 5.16. The summed E-state index contributed by atoms with van der Waals surface area (Å²) in [6.07, 6.45) is 2.98. The summed E-state index contributed by atoms with van der Waals surface area (Å²) in [5.74, 6) is -0.319. The van der Waals surface area contributed by atoms with Crippen LogP contribution in [0.5, 0.6) is 5.75 Å². The standard InChI is InChI=1S/C23H23N3O4/c1-30-17-11-9-16(10-12-17)26-21(28)23(20(27)24-22(26)29)14-15-6-2-3-7-18(15)25-13-5-4-8-19(23)25/h2-3,6-7,9-12,19H,4-5,8,13-14H2,1H3,(H,24,27,29)/t19-,23+/m0/s1. The molecule has 2 atom stereocenters. The number of nitrogens with one attached hydrogen (secondary N) is 1. The number of hydrogen-bond donors (Lipinski definition) is 1. The van der Waals surface area contributed by atoms with E-state index in [-0.39, 0.29) is 12.5 Å². The van der Waals surface area contributed by atoms with E-state index in [1.54, 1.807) is 31.4 Å². The van der Waals surface area contributed by atoms with Crippen molar-refractivity contribution in [3.63, 3.8) is 0 Å². The summed E-state index contributed by atoms with van der Waals surface area (Å²) in [6.45, 7) is 0.792. The Morgan fingerprint density at radius 1 is 1.03 bits per heavy atom. The minimum absolute atomic E-state index is 0.275. The molecule has 3 heterocycles. The van der Waals surface area contributed by atoms with Crippen molar-refractivity contribution in [1.29, 1.82) is 0 Å². The molecule has 0 unspecified atom stereocenters. The average molecular weight is 405 g/mol. The van der Waals surface area contributed by atoms with Crippen molar-refractivity contribution < 1.29 is 19.1 Å². The maximum Gasteiger partial charge on any atom is 0.335 e. The van der Waals surface area contributed by atoms with Crippen LogP contribution in [0.1, 0.15) is 24.8 Å². The molecule has 0 aromatic heterocycles. The van der Waals surface area contributed by atoms with Crippen molar-refractivity contribution in [1.82, 2.24) is 5.32 Å². The van der Waals surface area contributed by atoms with Gasteiger partial charge in [0.15, 0.2) is 5.41 Å². The number of benzene rings is 2. The highest BCUT2D eigenvalue weighted by molar-refractivity contribution is 6.30. The van der Waals surface area contributed by atoms with E-state index in [9.17, 15) is 14.4 Å². The van der Waals surface area contributed by atoms with Gasteiger partial charge in [-0.25, -0.2) is 9.69 Å². The summed E-state index contributed by atoms with van der Waals surface area (Å²) >= 11 is 0. The number of imide groups is 2. The molecule has 154 valence electrons. The van der Waals surface area contributed by atoms with E-state index in [0.717, 1.165) is 42.0 Å². The predicted octanol–water partition coefficient (Wildman–Crippen LogP) is 2.88. The molecular formula is C23H23N3O4. The molecule has 2 aromatic rings. The third kappa shape index (κ3) is 2.54. The lowest BCUT2D eigenvalue weighted by Crippen LogP contribution is -2.72. The number of carbonyl (C=O) groups is 3. The molecule has 7 heteroatoms. The molecule has 4 amide bonds. The van der Waals surface area contributed by atoms with Gasteiger partial charge in [-0.1, -0.05) is 18.2 Å². The summed E-state index contributed by atoms with van der Waals surface area (Å²) in [4.78, 5) is 43.3. The van der Waals surface area contributed by atoms with Crippen LogP contribution in [0.4, 0.5) is 16.2 Å². The number of hydrogen-bond acceptors (Lipinski definition) is 5. The average Bonchev–Trinajstić information content (AvgIpc) is 2.78. The molecule has 0 radical (unpaired) electrons. The predicted molar refractivity (Wildman–Crippen MR) is 112 cm³/mol. The van der Waals surface area contributed by atoms with Crippen molar-refractivity contribution in [3.8, 4) is 5.75 Å². The van der Waals surface area contributed by atoms with Gasteiger partial charge in [0.2, 0.25) is 5.91 Å². The number of urea groups is 1. The number of rotatable bonds is 2. The van der Waals surface area contributed by atoms with Crippen LogP contribution in [-0.2, 0) is 16.0 Å². The van der Waals surface area contributed by atoms with E-state index < -0.39 is 23.3 Å². The Morgan fingerprint density at radius 2 is 1.80 bits per heavy atom. The lowest BCUT2D eigenvalue weighted by atomic mass is 9.66. The van der Waals surface area contributed by atoms with Crippen LogP contribution in [0.2, 0.25) is 0 Å². The van der Waals surface area contributed by atoms with Crippen LogP contribution in [-0.4, -0.2) is 37.5 Å². The van der Waals surface area contributed by atoms with Crippen molar-refractivity contribution in [2.45, 2.75) is 31.7 Å². The molecule has 0 saturated carbocycles. The molecule has 1 spiro atoms. The second-order valence-electron chi connectivity index (χ2n) is 8.08. The molecule has 2 saturated heterocycles. The smallest absolute Gasteiger partial charge is 0.335 e. The van der Waals surface area contributed by atoms with E-state index in [4.69, 9.17) is 4.74 Å². The molecule has 5 rings (SSSR count). The topological polar surface area (TPSA) is 79.0 Å². The molecule has 3 aliphatic heterocycles. The highest BCUT2D eigenvalue weighted by Crippen LogP contribution is 2.48. The Bertz CT molecular complexity index is 1030. The van der Waals surface area contributed by atoms with Gasteiger partial charge in [-0.15, -0.1) is 0 Å². The summed E-state index contributed by atoms with van der Waals surface area (Å²) in [7, 11) is 1.55. The van der Waals surface area contributed by atoms with Crippen molar-refractivity contribution in [2.75, 3.05) is 23.5 Å². The summed E-state index contributed by atoms with van der Waals surface area (Å²) in [5.41, 5.74) is 1.14. The van der Waals surface area contributed by atoms with E-state index in [1.807, 2.05) is 18.2 Å². The van der Waals surface area contributed by atoms with Gasteiger partial charge in [-0.05, 0) is 61.6 Å². The largest absolute Gasteiger partial charge is 0.497 e. The number of anilines is 2. The molecule has 7 nitrogen and oxygen atoms in total. The normalized spacial score (nSPS) is 25.6. The Balaban J connectivity index is 1.63. The maximum absolute atomic E-state index is 13.9. The van der Waals surface area contributed by atoms with E-state index in [1.165, 1.54) is 0 Å². The van der Waals surface area contributed by atoms with Crippen LogP contribution in [0.3, 0.4) is 0 Å². The van der Waals surface area contributed by atoms with Crippen LogP contribution in [0, 0.1) is 5.41 Å². The number of fused-ring (bicyclic) bond motifs is 4. The summed E-state index contributed by atoms with van der Waals surface area (Å²) in [6, 6.07) is 13.7. The molecule has 30 heavy (non-hydrogen) atoms. The monoisotopic (exact) mass is 405 g/mol. The highest BCUT2D eigenvalue weighted by Gasteiger charge is 2.62. The van der Waals surface area contributed by atoms with Gasteiger partial charge < -0.3 is 9.64 Å². The molecule has 3 aliphatic rings. The quantitative estimate of drug-likeness (QED) is 0.778. The van der Waals surface area contributed by atoms with E-state index >= 15 is 0 Å². The SMILES string of the molecule is COc1ccc(N2C(=O)NC(=O)[C@]3(Cc4ccccc4N4CCCC[C@H]43)C2=O)cc1. The van der Waals surface area contributed by atoms with E-state index in [0.29, 0.717) is 11.4 Å². The number of amides is 4. The molecule has 1 N–H and O–H groups in total. The summed E-state index contributed by atoms with van der Waals surface area (Å²) in [5, 5.41) is 2.48. The maximum atomic E-state index is 13.9. The number of para-hydroxylation sites is 1. The first-order valence-electron chi connectivity index (χ1n) is 10.2. The number of ether oxygens (including phenoxy) is 1. The van der Waals surface area contributed by atoms with Gasteiger partial charge in [-0.2, -0.15) is 0 Å². The van der Waals surface area contributed by atoms with Gasteiger partial charge in [0, 0.05) is 12.2 Å². The lowest BCUT2D eigenvalue weighted by Gasteiger charge is -2.53. The first kappa shape index (κ1) is 18.7. The number of barbiturate groups is 1. The van der Waals surface area contributed by atoms with Gasteiger partial charge in [0.1, 0.15) is 5.75 Å². The molecule has 0 aliphatic carbocycles. The van der Waals surface area contributed by atoms with Crippen molar-refractivity contribution in [2.24, 2.45) is 5.41 Å². The Hall–Kier alpha value is -3.35. The number of piperidine rings is 1. The second-order valence-corrected chi connectivity index (χ2v) is 8.08. The molecule has 2 fully saturated rings. The fourth-order valence-corrected chi connectivity index (χ4v) is 5.16. The lowest BCUT2D eigenvalue weighted by molar-refractivity contribution is -0.145. The first-order chi connectivity index (χ1) is 14.6. The van der Waals surface area contributed by atoms with Gasteiger partial charge in [-0.3, -0.25) is 14.9 Å². The zero-order valence-corrected chi connectivity index (χ0v) is 16.8. The Labute approximate surface area is 174 Å². The van der Waals surface area contributed by atoms with Gasteiger partial charge >= 0.3 is 6.03 Å². The zero-order chi connectivity index (χ0) is 20.9.